The summed E-state index contributed by atoms with van der Waals surface area (Å²) in [7, 11) is 1.74. The Balaban J connectivity index is 1.81. The van der Waals surface area contributed by atoms with Crippen molar-refractivity contribution in [2.45, 2.75) is 121 Å². The van der Waals surface area contributed by atoms with E-state index >= 15 is 0 Å². The Labute approximate surface area is 296 Å². The van der Waals surface area contributed by atoms with E-state index in [0.717, 1.165) is 31.2 Å². The van der Waals surface area contributed by atoms with Crippen LogP contribution >= 0.6 is 11.3 Å². The van der Waals surface area contributed by atoms with E-state index in [0.29, 0.717) is 62.8 Å². The Bertz CT molecular complexity index is 1300. The molecular weight excluding hydrogens is 639 g/mol. The summed E-state index contributed by atoms with van der Waals surface area (Å²) in [5.41, 5.74) is 3.24. The number of amides is 3. The van der Waals surface area contributed by atoms with Crippen LogP contribution in [0, 0.1) is 24.2 Å². The van der Waals surface area contributed by atoms with Gasteiger partial charge in [0.2, 0.25) is 17.7 Å². The summed E-state index contributed by atoms with van der Waals surface area (Å²) in [6.45, 7) is 5.23. The molecule has 49 heavy (non-hydrogen) atoms. The number of hydrogen-bond donors (Lipinski definition) is 5. The van der Waals surface area contributed by atoms with Gasteiger partial charge in [-0.3, -0.25) is 14.4 Å². The highest BCUT2D eigenvalue weighted by Gasteiger charge is 2.34. The van der Waals surface area contributed by atoms with Crippen LogP contribution in [0.25, 0.3) is 0 Å². The normalized spacial score (nSPS) is 16.6. The summed E-state index contributed by atoms with van der Waals surface area (Å²) < 4.78 is 0. The van der Waals surface area contributed by atoms with Crippen LogP contribution in [0.1, 0.15) is 89.3 Å². The number of nitrogens with one attached hydrogen (secondary N) is 3. The van der Waals surface area contributed by atoms with Crippen molar-refractivity contribution in [1.82, 2.24) is 25.8 Å². The molecule has 270 valence electrons. The molecule has 5 atom stereocenters. The Morgan fingerprint density at radius 2 is 1.80 bits per heavy atom. The van der Waals surface area contributed by atoms with Crippen molar-refractivity contribution in [3.8, 4) is 12.3 Å². The van der Waals surface area contributed by atoms with Crippen LogP contribution in [0.5, 0.6) is 0 Å². The van der Waals surface area contributed by atoms with Crippen molar-refractivity contribution in [2.75, 3.05) is 20.1 Å². The average molecular weight is 696 g/mol. The molecule has 5 N–H and O–H groups in total. The first kappa shape index (κ1) is 40.1. The Morgan fingerprint density at radius 3 is 2.45 bits per heavy atom. The quantitative estimate of drug-likeness (QED) is 0.0986. The summed E-state index contributed by atoms with van der Waals surface area (Å²) in [4.78, 5) is 47.5. The molecule has 10 nitrogen and oxygen atoms in total. The zero-order chi connectivity index (χ0) is 35.6. The second kappa shape index (κ2) is 21.7. The SMILES string of the molecule is C#CCCC[C@H](O)[C@H](O)[C@H](CC1CCCCC1)NC(=O)[C@H](Cc1cscn1)NC(=O)[C@@H](CC(=O)N(C)CCNC(C)C)Cc1ccccc1. The summed E-state index contributed by atoms with van der Waals surface area (Å²) in [5.74, 6) is 1.14. The van der Waals surface area contributed by atoms with Crippen LogP contribution in [0.2, 0.25) is 0 Å². The maximum absolute atomic E-state index is 14.1. The second-order valence-electron chi connectivity index (χ2n) is 13.8. The van der Waals surface area contributed by atoms with Crippen LogP contribution in [-0.2, 0) is 27.2 Å². The molecule has 0 bridgehead atoms. The molecule has 0 radical (unpaired) electrons. The van der Waals surface area contributed by atoms with Gasteiger partial charge in [0.15, 0.2) is 0 Å². The number of thiazole rings is 1. The third kappa shape index (κ3) is 14.6. The number of unbranched alkanes of at least 4 members (excludes halogenated alkanes) is 1. The number of rotatable bonds is 21. The van der Waals surface area contributed by atoms with E-state index in [-0.39, 0.29) is 18.7 Å². The van der Waals surface area contributed by atoms with Crippen molar-refractivity contribution >= 4 is 29.1 Å². The minimum atomic E-state index is -1.19. The van der Waals surface area contributed by atoms with Crippen LogP contribution in [-0.4, -0.2) is 88.3 Å². The maximum atomic E-state index is 14.1. The third-order valence-corrected chi connectivity index (χ3v) is 9.97. The van der Waals surface area contributed by atoms with Gasteiger partial charge in [0, 0.05) is 50.8 Å². The molecule has 1 saturated carbocycles. The fourth-order valence-corrected chi connectivity index (χ4v) is 6.99. The summed E-state index contributed by atoms with van der Waals surface area (Å²) >= 11 is 1.40. The highest BCUT2D eigenvalue weighted by Crippen LogP contribution is 2.29. The zero-order valence-electron chi connectivity index (χ0n) is 29.5. The Kier molecular flexibility index (Phi) is 17.8. The van der Waals surface area contributed by atoms with E-state index < -0.39 is 42.0 Å². The van der Waals surface area contributed by atoms with E-state index in [9.17, 15) is 24.6 Å². The number of terminal acetylenes is 1. The van der Waals surface area contributed by atoms with Crippen LogP contribution in [0.15, 0.2) is 41.2 Å². The van der Waals surface area contributed by atoms with Gasteiger partial charge in [-0.25, -0.2) is 4.98 Å². The molecule has 0 unspecified atom stereocenters. The fraction of sp³-hybridized carbons (Fsp3) is 0.632. The van der Waals surface area contributed by atoms with E-state index in [1.165, 1.54) is 17.8 Å². The van der Waals surface area contributed by atoms with Crippen molar-refractivity contribution in [3.63, 3.8) is 0 Å². The van der Waals surface area contributed by atoms with Crippen molar-refractivity contribution in [1.29, 1.82) is 0 Å². The van der Waals surface area contributed by atoms with Crippen molar-refractivity contribution in [3.05, 3.63) is 52.5 Å². The molecule has 3 rings (SSSR count). The minimum absolute atomic E-state index is 0.0170. The first-order valence-corrected chi connectivity index (χ1v) is 18.8. The number of hydrogen-bond acceptors (Lipinski definition) is 8. The zero-order valence-corrected chi connectivity index (χ0v) is 30.3. The molecule has 0 saturated heterocycles. The smallest absolute Gasteiger partial charge is 0.243 e. The number of aliphatic hydroxyl groups excluding tert-OH is 2. The van der Waals surface area contributed by atoms with E-state index in [2.05, 4.69) is 26.9 Å². The van der Waals surface area contributed by atoms with Gasteiger partial charge < -0.3 is 31.1 Å². The second-order valence-corrected chi connectivity index (χ2v) is 14.5. The fourth-order valence-electron chi connectivity index (χ4n) is 6.42. The highest BCUT2D eigenvalue weighted by atomic mass is 32.1. The number of nitrogens with zero attached hydrogens (tertiary/aromatic N) is 2. The molecular formula is C38H57N5O5S. The van der Waals surface area contributed by atoms with Crippen LogP contribution in [0.3, 0.4) is 0 Å². The molecule has 3 amide bonds. The lowest BCUT2D eigenvalue weighted by atomic mass is 9.82. The monoisotopic (exact) mass is 695 g/mol. The van der Waals surface area contributed by atoms with Gasteiger partial charge in [0.1, 0.15) is 6.04 Å². The Hall–Kier alpha value is -3.30. The molecule has 1 fully saturated rings. The molecule has 1 aliphatic carbocycles. The standard InChI is InChI=1S/C38H57N5O5S/c1-5-6-9-18-34(44)36(46)32(22-29-16-12-8-13-17-29)41-38(48)33(24-31-25-49-26-40-31)42-37(47)30(21-28-14-10-7-11-15-28)23-35(45)43(4)20-19-39-27(2)3/h1,7,10-11,14-15,25-27,29-30,32-34,36,39,44,46H,6,8-9,12-13,16-24H2,2-4H3,(H,41,48)(H,42,47)/t30-,32+,33+,34+,36-/m1/s1. The van der Waals surface area contributed by atoms with Gasteiger partial charge in [0.25, 0.3) is 0 Å². The van der Waals surface area contributed by atoms with E-state index in [4.69, 9.17) is 6.42 Å². The molecule has 2 aromatic rings. The average Bonchev–Trinajstić information content (AvgIpc) is 3.61. The maximum Gasteiger partial charge on any atom is 0.243 e. The molecule has 1 heterocycles. The Morgan fingerprint density at radius 1 is 1.06 bits per heavy atom. The summed E-state index contributed by atoms with van der Waals surface area (Å²) in [6, 6.07) is 8.12. The molecule has 0 spiro atoms. The van der Waals surface area contributed by atoms with Crippen molar-refractivity contribution in [2.24, 2.45) is 11.8 Å². The third-order valence-electron chi connectivity index (χ3n) is 9.34. The minimum Gasteiger partial charge on any atom is -0.390 e. The molecule has 1 aromatic carbocycles. The predicted octanol–water partition coefficient (Wildman–Crippen LogP) is 3.86. The highest BCUT2D eigenvalue weighted by molar-refractivity contribution is 7.07. The number of aliphatic hydroxyl groups is 2. The van der Waals surface area contributed by atoms with Gasteiger partial charge in [-0.05, 0) is 37.2 Å². The first-order chi connectivity index (χ1) is 23.6. The summed E-state index contributed by atoms with van der Waals surface area (Å²) in [5, 5.41) is 33.3. The first-order valence-electron chi connectivity index (χ1n) is 17.9. The van der Waals surface area contributed by atoms with Crippen LogP contribution < -0.4 is 16.0 Å². The number of benzene rings is 1. The van der Waals surface area contributed by atoms with E-state index in [1.807, 2.05) is 49.6 Å². The number of likely N-dealkylation sites (N-methyl/N-ethyl adjacent to an activating group) is 1. The lowest BCUT2D eigenvalue weighted by Gasteiger charge is -2.33. The molecule has 0 aliphatic heterocycles. The molecule has 1 aliphatic rings. The van der Waals surface area contributed by atoms with Gasteiger partial charge in [-0.15, -0.1) is 23.7 Å². The number of carbonyl (C=O) groups excluding carboxylic acids is 3. The van der Waals surface area contributed by atoms with Crippen LogP contribution in [0.4, 0.5) is 0 Å². The largest absolute Gasteiger partial charge is 0.390 e. The number of aromatic nitrogens is 1. The number of carbonyl (C=O) groups is 3. The van der Waals surface area contributed by atoms with Crippen molar-refractivity contribution < 1.29 is 24.6 Å². The molecule has 1 aromatic heterocycles. The van der Waals surface area contributed by atoms with Gasteiger partial charge in [-0.2, -0.15) is 0 Å². The van der Waals surface area contributed by atoms with Gasteiger partial charge in [-0.1, -0.05) is 76.3 Å². The molecule has 11 heteroatoms. The lowest BCUT2D eigenvalue weighted by Crippen LogP contribution is -2.56. The topological polar surface area (TPSA) is 144 Å². The van der Waals surface area contributed by atoms with Gasteiger partial charge in [0.05, 0.1) is 35.4 Å². The van der Waals surface area contributed by atoms with E-state index in [1.54, 1.807) is 17.5 Å². The summed E-state index contributed by atoms with van der Waals surface area (Å²) in [6.07, 6.45) is 10.9. The predicted molar refractivity (Wildman–Crippen MR) is 195 cm³/mol. The lowest BCUT2D eigenvalue weighted by molar-refractivity contribution is -0.136. The van der Waals surface area contributed by atoms with Gasteiger partial charge >= 0.3 is 0 Å².